The number of nitrogens with two attached hydrogens (primary N) is 1. The molecule has 2 rings (SSSR count). The molecule has 0 aromatic heterocycles. The number of rotatable bonds is 2. The molecule has 2 N–H and O–H groups in total. The van der Waals surface area contributed by atoms with Crippen LogP contribution in [-0.2, 0) is 0 Å². The molecule has 0 heterocycles. The lowest BCUT2D eigenvalue weighted by Crippen LogP contribution is -2.12. The lowest BCUT2D eigenvalue weighted by molar-refractivity contribution is 0.621. The summed E-state index contributed by atoms with van der Waals surface area (Å²) in [5.74, 6) is -0.742. The molecule has 0 aliphatic heterocycles. The van der Waals surface area contributed by atoms with Crippen LogP contribution >= 0.6 is 11.6 Å². The smallest absolute Gasteiger partial charge is 0.123 e. The lowest BCUT2D eigenvalue weighted by Gasteiger charge is -2.14. The summed E-state index contributed by atoms with van der Waals surface area (Å²) in [6.45, 7) is 0. The van der Waals surface area contributed by atoms with E-state index in [1.807, 2.05) is 0 Å². The zero-order valence-corrected chi connectivity index (χ0v) is 9.59. The van der Waals surface area contributed by atoms with Gasteiger partial charge in [0.1, 0.15) is 11.6 Å². The van der Waals surface area contributed by atoms with Gasteiger partial charge in [0.25, 0.3) is 0 Å². The quantitative estimate of drug-likeness (QED) is 0.868. The Morgan fingerprint density at radius 2 is 1.53 bits per heavy atom. The molecule has 4 heteroatoms. The Morgan fingerprint density at radius 3 is 2.18 bits per heavy atom. The van der Waals surface area contributed by atoms with Gasteiger partial charge in [-0.2, -0.15) is 0 Å². The molecule has 1 atom stereocenters. The zero-order chi connectivity index (χ0) is 12.4. The van der Waals surface area contributed by atoms with Crippen molar-refractivity contribution >= 4 is 11.6 Å². The van der Waals surface area contributed by atoms with Crippen LogP contribution in [0.4, 0.5) is 8.78 Å². The maximum Gasteiger partial charge on any atom is 0.123 e. The van der Waals surface area contributed by atoms with Crippen LogP contribution in [0.5, 0.6) is 0 Å². The third-order valence-corrected chi connectivity index (χ3v) is 2.87. The maximum absolute atomic E-state index is 13.1. The van der Waals surface area contributed by atoms with Crippen LogP contribution in [-0.4, -0.2) is 0 Å². The molecular formula is C13H10ClF2N. The van der Waals surface area contributed by atoms with Crippen molar-refractivity contribution in [3.8, 4) is 0 Å². The standard InChI is InChI=1S/C13H10ClF2N/c14-12-6-5-10(16)7-11(12)13(17)8-1-3-9(15)4-2-8/h1-7,13H,17H2. The molecule has 0 bridgehead atoms. The second-order valence-electron chi connectivity index (χ2n) is 3.70. The first kappa shape index (κ1) is 12.0. The lowest BCUT2D eigenvalue weighted by atomic mass is 9.99. The molecule has 0 saturated carbocycles. The summed E-state index contributed by atoms with van der Waals surface area (Å²) in [5, 5.41) is 0.392. The fourth-order valence-corrected chi connectivity index (χ4v) is 1.84. The summed E-state index contributed by atoms with van der Waals surface area (Å²) in [6.07, 6.45) is 0. The summed E-state index contributed by atoms with van der Waals surface area (Å²) in [5.41, 5.74) is 7.13. The fourth-order valence-electron chi connectivity index (χ4n) is 1.60. The monoisotopic (exact) mass is 253 g/mol. The average molecular weight is 254 g/mol. The van der Waals surface area contributed by atoms with Gasteiger partial charge < -0.3 is 5.73 Å². The van der Waals surface area contributed by atoms with Crippen LogP contribution in [0.15, 0.2) is 42.5 Å². The highest BCUT2D eigenvalue weighted by Crippen LogP contribution is 2.27. The molecule has 0 fully saturated rings. The van der Waals surface area contributed by atoms with E-state index < -0.39 is 11.9 Å². The van der Waals surface area contributed by atoms with Crippen LogP contribution < -0.4 is 5.73 Å². The van der Waals surface area contributed by atoms with Crippen molar-refractivity contribution in [2.45, 2.75) is 6.04 Å². The van der Waals surface area contributed by atoms with Crippen LogP contribution in [0.3, 0.4) is 0 Å². The van der Waals surface area contributed by atoms with Gasteiger partial charge in [-0.1, -0.05) is 23.7 Å². The van der Waals surface area contributed by atoms with E-state index in [0.29, 0.717) is 16.1 Å². The van der Waals surface area contributed by atoms with Gasteiger partial charge in [-0.05, 0) is 41.5 Å². The molecule has 0 spiro atoms. The number of benzene rings is 2. The minimum Gasteiger partial charge on any atom is -0.320 e. The molecule has 2 aromatic carbocycles. The SMILES string of the molecule is NC(c1ccc(F)cc1)c1cc(F)ccc1Cl. The number of halogens is 3. The van der Waals surface area contributed by atoms with Crippen molar-refractivity contribution in [1.29, 1.82) is 0 Å². The minimum absolute atomic E-state index is 0.341. The van der Waals surface area contributed by atoms with E-state index in [-0.39, 0.29) is 5.82 Å². The topological polar surface area (TPSA) is 26.0 Å². The Labute approximate surface area is 103 Å². The Bertz CT molecular complexity index is 525. The van der Waals surface area contributed by atoms with Gasteiger partial charge in [0.2, 0.25) is 0 Å². The van der Waals surface area contributed by atoms with Crippen molar-refractivity contribution in [2.24, 2.45) is 5.73 Å². The minimum atomic E-state index is -0.571. The van der Waals surface area contributed by atoms with E-state index in [4.69, 9.17) is 17.3 Å². The molecule has 88 valence electrons. The molecule has 1 nitrogen and oxygen atoms in total. The zero-order valence-electron chi connectivity index (χ0n) is 8.83. The molecule has 0 radical (unpaired) electrons. The molecule has 17 heavy (non-hydrogen) atoms. The Hall–Kier alpha value is -1.45. The largest absolute Gasteiger partial charge is 0.320 e. The third kappa shape index (κ3) is 2.62. The molecule has 0 amide bonds. The van der Waals surface area contributed by atoms with E-state index >= 15 is 0 Å². The second-order valence-corrected chi connectivity index (χ2v) is 4.10. The van der Waals surface area contributed by atoms with E-state index in [2.05, 4.69) is 0 Å². The van der Waals surface area contributed by atoms with Gasteiger partial charge in [-0.3, -0.25) is 0 Å². The van der Waals surface area contributed by atoms with Crippen molar-refractivity contribution in [3.05, 3.63) is 70.2 Å². The van der Waals surface area contributed by atoms with Crippen LogP contribution in [0.1, 0.15) is 17.2 Å². The maximum atomic E-state index is 13.1. The van der Waals surface area contributed by atoms with Gasteiger partial charge in [0.05, 0.1) is 6.04 Å². The molecule has 0 aliphatic rings. The molecule has 0 saturated heterocycles. The van der Waals surface area contributed by atoms with Gasteiger partial charge in [0.15, 0.2) is 0 Å². The van der Waals surface area contributed by atoms with E-state index in [1.54, 1.807) is 12.1 Å². The van der Waals surface area contributed by atoms with E-state index in [9.17, 15) is 8.78 Å². The molecule has 2 aromatic rings. The van der Waals surface area contributed by atoms with E-state index in [1.165, 1.54) is 30.3 Å². The van der Waals surface area contributed by atoms with Gasteiger partial charge in [-0.15, -0.1) is 0 Å². The first-order valence-corrected chi connectivity index (χ1v) is 5.41. The highest BCUT2D eigenvalue weighted by Gasteiger charge is 2.13. The Morgan fingerprint density at radius 1 is 0.941 bits per heavy atom. The van der Waals surface area contributed by atoms with Crippen molar-refractivity contribution in [1.82, 2.24) is 0 Å². The first-order chi connectivity index (χ1) is 8.08. The third-order valence-electron chi connectivity index (χ3n) is 2.52. The highest BCUT2D eigenvalue weighted by molar-refractivity contribution is 6.31. The van der Waals surface area contributed by atoms with Crippen molar-refractivity contribution in [2.75, 3.05) is 0 Å². The molecule has 0 aliphatic carbocycles. The molecular weight excluding hydrogens is 244 g/mol. The van der Waals surface area contributed by atoms with Crippen LogP contribution in [0.25, 0.3) is 0 Å². The van der Waals surface area contributed by atoms with Crippen LogP contribution in [0, 0.1) is 11.6 Å². The molecule has 1 unspecified atom stereocenters. The summed E-state index contributed by atoms with van der Waals surface area (Å²) in [6, 6.07) is 9.17. The average Bonchev–Trinajstić information content (AvgIpc) is 2.32. The number of hydrogen-bond donors (Lipinski definition) is 1. The fraction of sp³-hybridized carbons (Fsp3) is 0.0769. The normalized spacial score (nSPS) is 12.5. The van der Waals surface area contributed by atoms with Crippen molar-refractivity contribution in [3.63, 3.8) is 0 Å². The number of hydrogen-bond acceptors (Lipinski definition) is 1. The van der Waals surface area contributed by atoms with Crippen molar-refractivity contribution < 1.29 is 8.78 Å². The predicted molar refractivity (Wildman–Crippen MR) is 63.8 cm³/mol. The summed E-state index contributed by atoms with van der Waals surface area (Å²) in [7, 11) is 0. The van der Waals surface area contributed by atoms with Gasteiger partial charge in [-0.25, -0.2) is 8.78 Å². The Balaban J connectivity index is 2.39. The van der Waals surface area contributed by atoms with Gasteiger partial charge >= 0.3 is 0 Å². The summed E-state index contributed by atoms with van der Waals surface area (Å²) < 4.78 is 25.9. The van der Waals surface area contributed by atoms with Crippen LogP contribution in [0.2, 0.25) is 5.02 Å². The predicted octanol–water partition coefficient (Wildman–Crippen LogP) is 3.67. The Kier molecular flexibility index (Phi) is 3.41. The summed E-state index contributed by atoms with van der Waals surface area (Å²) in [4.78, 5) is 0. The van der Waals surface area contributed by atoms with Gasteiger partial charge in [0, 0.05) is 5.02 Å². The summed E-state index contributed by atoms with van der Waals surface area (Å²) >= 11 is 5.95. The second kappa shape index (κ2) is 4.82. The van der Waals surface area contributed by atoms with E-state index in [0.717, 1.165) is 0 Å². The highest BCUT2D eigenvalue weighted by atomic mass is 35.5. The first-order valence-electron chi connectivity index (χ1n) is 5.04.